The Hall–Kier alpha value is -2.97. The Labute approximate surface area is 154 Å². The Morgan fingerprint density at radius 3 is 2.37 bits per heavy atom. The predicted octanol–water partition coefficient (Wildman–Crippen LogP) is 3.28. The molecule has 0 aliphatic heterocycles. The fraction of sp³-hybridized carbons (Fsp3) is 0.333. The normalized spacial score (nSPS) is 11.0. The number of methoxy groups -OCH3 is 2. The van der Waals surface area contributed by atoms with Crippen LogP contribution in [-0.2, 0) is 6.54 Å². The van der Waals surface area contributed by atoms with Crippen molar-refractivity contribution in [1.82, 2.24) is 10.3 Å². The molecule has 1 heterocycles. The van der Waals surface area contributed by atoms with Crippen molar-refractivity contribution in [2.24, 2.45) is 0 Å². The second-order valence-electron chi connectivity index (χ2n) is 5.56. The van der Waals surface area contributed by atoms with Crippen molar-refractivity contribution in [3.63, 3.8) is 0 Å². The summed E-state index contributed by atoms with van der Waals surface area (Å²) in [6.07, 6.45) is -3.17. The van der Waals surface area contributed by atoms with Gasteiger partial charge in [0, 0.05) is 29.4 Å². The van der Waals surface area contributed by atoms with Crippen molar-refractivity contribution in [1.29, 1.82) is 0 Å². The van der Waals surface area contributed by atoms with Crippen LogP contribution in [0.5, 0.6) is 17.4 Å². The van der Waals surface area contributed by atoms with Gasteiger partial charge in [0.2, 0.25) is 5.88 Å². The first-order valence-corrected chi connectivity index (χ1v) is 7.89. The molecule has 0 bridgehead atoms. The number of pyridine rings is 1. The molecule has 1 aromatic carbocycles. The van der Waals surface area contributed by atoms with Crippen LogP contribution in [0.4, 0.5) is 13.2 Å². The van der Waals surface area contributed by atoms with Crippen LogP contribution < -0.4 is 19.5 Å². The molecule has 146 valence electrons. The largest absolute Gasteiger partial charge is 0.496 e. The molecular weight excluding hydrogens is 365 g/mol. The maximum Gasteiger partial charge on any atom is 0.422 e. The molecule has 0 saturated heterocycles. The van der Waals surface area contributed by atoms with Gasteiger partial charge >= 0.3 is 6.18 Å². The molecule has 0 aliphatic carbocycles. The van der Waals surface area contributed by atoms with E-state index >= 15 is 0 Å². The molecule has 0 spiro atoms. The van der Waals surface area contributed by atoms with Gasteiger partial charge in [0.05, 0.1) is 14.2 Å². The molecule has 0 unspecified atom stereocenters. The number of hydrogen-bond acceptors (Lipinski definition) is 5. The third-order valence-electron chi connectivity index (χ3n) is 3.68. The highest BCUT2D eigenvalue weighted by Crippen LogP contribution is 2.29. The fourth-order valence-corrected chi connectivity index (χ4v) is 2.33. The van der Waals surface area contributed by atoms with E-state index < -0.39 is 18.7 Å². The van der Waals surface area contributed by atoms with Crippen molar-refractivity contribution >= 4 is 5.91 Å². The summed E-state index contributed by atoms with van der Waals surface area (Å²) in [4.78, 5) is 16.2. The second-order valence-corrected chi connectivity index (χ2v) is 5.56. The quantitative estimate of drug-likeness (QED) is 0.794. The molecule has 2 aromatic rings. The van der Waals surface area contributed by atoms with Crippen molar-refractivity contribution in [2.45, 2.75) is 19.6 Å². The molecular formula is C18H19F3N2O4. The SMILES string of the molecule is COc1cc(C(=O)NCc2cccnc2OCC(F)(F)F)cc(OC)c1C. The van der Waals surface area contributed by atoms with Crippen LogP contribution in [0, 0.1) is 6.92 Å². The van der Waals surface area contributed by atoms with Crippen LogP contribution in [0.3, 0.4) is 0 Å². The van der Waals surface area contributed by atoms with Gasteiger partial charge in [-0.25, -0.2) is 4.98 Å². The van der Waals surface area contributed by atoms with Gasteiger partial charge in [-0.05, 0) is 25.1 Å². The number of aromatic nitrogens is 1. The third-order valence-corrected chi connectivity index (χ3v) is 3.68. The summed E-state index contributed by atoms with van der Waals surface area (Å²) < 4.78 is 52.2. The van der Waals surface area contributed by atoms with Crippen LogP contribution >= 0.6 is 0 Å². The van der Waals surface area contributed by atoms with Gasteiger partial charge in [-0.15, -0.1) is 0 Å². The van der Waals surface area contributed by atoms with Crippen molar-refractivity contribution in [3.05, 3.63) is 47.2 Å². The molecule has 9 heteroatoms. The number of carbonyl (C=O) groups is 1. The highest BCUT2D eigenvalue weighted by atomic mass is 19.4. The zero-order chi connectivity index (χ0) is 20.0. The molecule has 1 N–H and O–H groups in total. The molecule has 27 heavy (non-hydrogen) atoms. The molecule has 0 fully saturated rings. The molecule has 0 aliphatic rings. The van der Waals surface area contributed by atoms with Crippen molar-refractivity contribution < 1.29 is 32.2 Å². The van der Waals surface area contributed by atoms with E-state index in [1.807, 2.05) is 0 Å². The lowest BCUT2D eigenvalue weighted by Gasteiger charge is -2.14. The number of carbonyl (C=O) groups excluding carboxylic acids is 1. The molecule has 0 radical (unpaired) electrons. The van der Waals surface area contributed by atoms with Gasteiger partial charge in [0.25, 0.3) is 5.91 Å². The van der Waals surface area contributed by atoms with Crippen LogP contribution in [0.2, 0.25) is 0 Å². The number of ether oxygens (including phenoxy) is 3. The van der Waals surface area contributed by atoms with Gasteiger partial charge in [-0.1, -0.05) is 6.07 Å². The first kappa shape index (κ1) is 20.3. The Kier molecular flexibility index (Phi) is 6.49. The van der Waals surface area contributed by atoms with Crippen molar-refractivity contribution in [3.8, 4) is 17.4 Å². The lowest BCUT2D eigenvalue weighted by molar-refractivity contribution is -0.154. The lowest BCUT2D eigenvalue weighted by Crippen LogP contribution is -2.24. The topological polar surface area (TPSA) is 69.7 Å². The Morgan fingerprint density at radius 1 is 1.19 bits per heavy atom. The van der Waals surface area contributed by atoms with Crippen LogP contribution in [0.25, 0.3) is 0 Å². The van der Waals surface area contributed by atoms with Gasteiger partial charge in [0.15, 0.2) is 6.61 Å². The van der Waals surface area contributed by atoms with Gasteiger partial charge < -0.3 is 19.5 Å². The van der Waals surface area contributed by atoms with E-state index in [-0.39, 0.29) is 18.0 Å². The minimum atomic E-state index is -4.48. The van der Waals surface area contributed by atoms with Crippen LogP contribution in [-0.4, -0.2) is 37.9 Å². The molecule has 0 saturated carbocycles. The monoisotopic (exact) mass is 384 g/mol. The maximum atomic E-state index is 12.4. The highest BCUT2D eigenvalue weighted by Gasteiger charge is 2.29. The van der Waals surface area contributed by atoms with E-state index in [0.717, 1.165) is 5.56 Å². The van der Waals surface area contributed by atoms with E-state index in [0.29, 0.717) is 17.1 Å². The highest BCUT2D eigenvalue weighted by molar-refractivity contribution is 5.95. The summed E-state index contributed by atoms with van der Waals surface area (Å²) in [6, 6.07) is 6.17. The maximum absolute atomic E-state index is 12.4. The number of nitrogens with one attached hydrogen (secondary N) is 1. The third kappa shape index (κ3) is 5.50. The molecule has 1 aromatic heterocycles. The van der Waals surface area contributed by atoms with Crippen LogP contribution in [0.1, 0.15) is 21.5 Å². The van der Waals surface area contributed by atoms with E-state index in [9.17, 15) is 18.0 Å². The number of rotatable bonds is 7. The number of amides is 1. The smallest absolute Gasteiger partial charge is 0.422 e. The first-order valence-electron chi connectivity index (χ1n) is 7.89. The summed E-state index contributed by atoms with van der Waals surface area (Å²) >= 11 is 0. The summed E-state index contributed by atoms with van der Waals surface area (Å²) in [7, 11) is 2.95. The zero-order valence-corrected chi connectivity index (χ0v) is 15.0. The molecule has 1 amide bonds. The first-order chi connectivity index (χ1) is 12.7. The number of nitrogens with zero attached hydrogens (tertiary/aromatic N) is 1. The Balaban J connectivity index is 2.12. The number of benzene rings is 1. The zero-order valence-electron chi connectivity index (χ0n) is 15.0. The molecule has 0 atom stereocenters. The second kappa shape index (κ2) is 8.61. The Morgan fingerprint density at radius 2 is 1.81 bits per heavy atom. The van der Waals surface area contributed by atoms with E-state index in [2.05, 4.69) is 10.3 Å². The molecule has 6 nitrogen and oxygen atoms in total. The van der Waals surface area contributed by atoms with Gasteiger partial charge in [-0.2, -0.15) is 13.2 Å². The summed E-state index contributed by atoms with van der Waals surface area (Å²) in [5.74, 6) is 0.330. The summed E-state index contributed by atoms with van der Waals surface area (Å²) in [6.45, 7) is 0.273. The summed E-state index contributed by atoms with van der Waals surface area (Å²) in [5, 5.41) is 2.62. The van der Waals surface area contributed by atoms with Gasteiger partial charge in [0.1, 0.15) is 11.5 Å². The number of alkyl halides is 3. The van der Waals surface area contributed by atoms with E-state index in [1.165, 1.54) is 26.5 Å². The fourth-order valence-electron chi connectivity index (χ4n) is 2.33. The standard InChI is InChI=1S/C18H19F3N2O4/c1-11-14(25-2)7-13(8-15(11)26-3)16(24)23-9-12-5-4-6-22-17(12)27-10-18(19,20)21/h4-8H,9-10H2,1-3H3,(H,23,24). The Bertz CT molecular complexity index is 784. The lowest BCUT2D eigenvalue weighted by atomic mass is 10.1. The molecule has 2 rings (SSSR count). The summed E-state index contributed by atoms with van der Waals surface area (Å²) in [5.41, 5.74) is 1.35. The van der Waals surface area contributed by atoms with E-state index in [1.54, 1.807) is 25.1 Å². The van der Waals surface area contributed by atoms with Crippen LogP contribution in [0.15, 0.2) is 30.5 Å². The van der Waals surface area contributed by atoms with E-state index in [4.69, 9.17) is 14.2 Å². The predicted molar refractivity (Wildman–Crippen MR) is 91.2 cm³/mol. The average Bonchev–Trinajstić information content (AvgIpc) is 2.64. The minimum absolute atomic E-state index is 0.0572. The van der Waals surface area contributed by atoms with Gasteiger partial charge in [-0.3, -0.25) is 4.79 Å². The van der Waals surface area contributed by atoms with Crippen molar-refractivity contribution in [2.75, 3.05) is 20.8 Å². The number of hydrogen-bond donors (Lipinski definition) is 1. The minimum Gasteiger partial charge on any atom is -0.496 e. The number of halogens is 3. The average molecular weight is 384 g/mol.